The van der Waals surface area contributed by atoms with Crippen LogP contribution in [0.4, 0.5) is 5.69 Å². The van der Waals surface area contributed by atoms with E-state index in [0.29, 0.717) is 5.41 Å². The zero-order valence-electron chi connectivity index (χ0n) is 11.0. The van der Waals surface area contributed by atoms with Gasteiger partial charge in [0, 0.05) is 17.8 Å². The standard InChI is InChI=1S/C16H21N/c1-16(2,3)12-13-9-10-15(11-13)17-14-7-5-4-6-8-14/h4-10,17H,11-12H2,1-3H3. The number of rotatable bonds is 3. The van der Waals surface area contributed by atoms with E-state index in [-0.39, 0.29) is 0 Å². The predicted molar refractivity (Wildman–Crippen MR) is 74.9 cm³/mol. The molecule has 2 rings (SSSR count). The van der Waals surface area contributed by atoms with Gasteiger partial charge in [-0.05, 0) is 30.0 Å². The Morgan fingerprint density at radius 3 is 2.41 bits per heavy atom. The molecule has 0 spiro atoms. The fourth-order valence-corrected chi connectivity index (χ4v) is 2.18. The highest BCUT2D eigenvalue weighted by molar-refractivity contribution is 5.51. The van der Waals surface area contributed by atoms with Crippen molar-refractivity contribution < 1.29 is 0 Å². The van der Waals surface area contributed by atoms with Crippen LogP contribution in [0.15, 0.2) is 53.8 Å². The SMILES string of the molecule is CC(C)(C)CC1=CC=C(Nc2ccccc2)C1. The second-order valence-electron chi connectivity index (χ2n) is 5.92. The molecule has 1 heteroatoms. The molecule has 90 valence electrons. The topological polar surface area (TPSA) is 12.0 Å². The summed E-state index contributed by atoms with van der Waals surface area (Å²) in [5.74, 6) is 0. The summed E-state index contributed by atoms with van der Waals surface area (Å²) in [4.78, 5) is 0. The maximum absolute atomic E-state index is 3.47. The molecule has 0 aromatic heterocycles. The first kappa shape index (κ1) is 12.0. The van der Waals surface area contributed by atoms with Crippen LogP contribution in [0.1, 0.15) is 33.6 Å². The van der Waals surface area contributed by atoms with Gasteiger partial charge < -0.3 is 5.32 Å². The Kier molecular flexibility index (Phi) is 3.37. The molecule has 1 nitrogen and oxygen atoms in total. The normalized spacial score (nSPS) is 15.5. The maximum atomic E-state index is 3.47. The van der Waals surface area contributed by atoms with Crippen molar-refractivity contribution in [1.29, 1.82) is 0 Å². The van der Waals surface area contributed by atoms with Crippen LogP contribution in [-0.4, -0.2) is 0 Å². The molecule has 0 radical (unpaired) electrons. The number of para-hydroxylation sites is 1. The van der Waals surface area contributed by atoms with Gasteiger partial charge in [-0.2, -0.15) is 0 Å². The number of hydrogen-bond acceptors (Lipinski definition) is 1. The highest BCUT2D eigenvalue weighted by Crippen LogP contribution is 2.31. The van der Waals surface area contributed by atoms with Crippen molar-refractivity contribution in [1.82, 2.24) is 0 Å². The highest BCUT2D eigenvalue weighted by atomic mass is 14.9. The Morgan fingerprint density at radius 2 is 1.76 bits per heavy atom. The van der Waals surface area contributed by atoms with Gasteiger partial charge in [-0.25, -0.2) is 0 Å². The molecular formula is C16H21N. The molecule has 0 amide bonds. The maximum Gasteiger partial charge on any atom is 0.0381 e. The lowest BCUT2D eigenvalue weighted by Crippen LogP contribution is -2.06. The van der Waals surface area contributed by atoms with Gasteiger partial charge in [0.1, 0.15) is 0 Å². The second kappa shape index (κ2) is 4.79. The lowest BCUT2D eigenvalue weighted by Gasteiger charge is -2.19. The smallest absolute Gasteiger partial charge is 0.0381 e. The molecular weight excluding hydrogens is 206 g/mol. The van der Waals surface area contributed by atoms with Crippen LogP contribution in [0, 0.1) is 5.41 Å². The molecule has 0 saturated carbocycles. The van der Waals surface area contributed by atoms with E-state index in [2.05, 4.69) is 62.5 Å². The molecule has 0 bridgehead atoms. The van der Waals surface area contributed by atoms with E-state index in [9.17, 15) is 0 Å². The number of hydrogen-bond donors (Lipinski definition) is 1. The Bertz CT molecular complexity index is 432. The molecule has 0 fully saturated rings. The molecule has 1 aromatic rings. The second-order valence-corrected chi connectivity index (χ2v) is 5.92. The third-order valence-electron chi connectivity index (χ3n) is 2.77. The van der Waals surface area contributed by atoms with E-state index < -0.39 is 0 Å². The quantitative estimate of drug-likeness (QED) is 0.785. The van der Waals surface area contributed by atoms with Crippen molar-refractivity contribution in [2.24, 2.45) is 5.41 Å². The molecule has 0 atom stereocenters. The van der Waals surface area contributed by atoms with Crippen molar-refractivity contribution in [3.63, 3.8) is 0 Å². The van der Waals surface area contributed by atoms with E-state index in [1.165, 1.54) is 23.4 Å². The summed E-state index contributed by atoms with van der Waals surface area (Å²) in [5.41, 5.74) is 4.37. The molecule has 1 aliphatic carbocycles. The molecule has 1 N–H and O–H groups in total. The zero-order valence-corrected chi connectivity index (χ0v) is 11.0. The van der Waals surface area contributed by atoms with E-state index in [1.54, 1.807) is 0 Å². The third kappa shape index (κ3) is 3.77. The Balaban J connectivity index is 1.89. The van der Waals surface area contributed by atoms with Crippen LogP contribution < -0.4 is 5.32 Å². The summed E-state index contributed by atoms with van der Waals surface area (Å²) in [6.07, 6.45) is 6.69. The number of nitrogens with one attached hydrogen (secondary N) is 1. The van der Waals surface area contributed by atoms with E-state index >= 15 is 0 Å². The monoisotopic (exact) mass is 227 g/mol. The van der Waals surface area contributed by atoms with Gasteiger partial charge in [-0.3, -0.25) is 0 Å². The summed E-state index contributed by atoms with van der Waals surface area (Å²) in [6, 6.07) is 10.4. The van der Waals surface area contributed by atoms with Crippen LogP contribution in [0.5, 0.6) is 0 Å². The average molecular weight is 227 g/mol. The molecule has 1 aliphatic rings. The minimum Gasteiger partial charge on any atom is -0.359 e. The Hall–Kier alpha value is -1.50. The molecule has 0 unspecified atom stereocenters. The van der Waals surface area contributed by atoms with Gasteiger partial charge >= 0.3 is 0 Å². The molecule has 17 heavy (non-hydrogen) atoms. The van der Waals surface area contributed by atoms with Gasteiger partial charge in [0.15, 0.2) is 0 Å². The van der Waals surface area contributed by atoms with Crippen molar-refractivity contribution >= 4 is 5.69 Å². The third-order valence-corrected chi connectivity index (χ3v) is 2.77. The van der Waals surface area contributed by atoms with Crippen LogP contribution in [-0.2, 0) is 0 Å². The van der Waals surface area contributed by atoms with E-state index in [1.807, 2.05) is 6.07 Å². The van der Waals surface area contributed by atoms with Crippen LogP contribution in [0.2, 0.25) is 0 Å². The highest BCUT2D eigenvalue weighted by Gasteiger charge is 2.16. The summed E-state index contributed by atoms with van der Waals surface area (Å²) >= 11 is 0. The number of benzene rings is 1. The lowest BCUT2D eigenvalue weighted by molar-refractivity contribution is 0.407. The van der Waals surface area contributed by atoms with Crippen LogP contribution in [0.25, 0.3) is 0 Å². The Morgan fingerprint density at radius 1 is 1.06 bits per heavy atom. The first-order valence-corrected chi connectivity index (χ1v) is 6.24. The minimum absolute atomic E-state index is 0.377. The summed E-state index contributed by atoms with van der Waals surface area (Å²) in [7, 11) is 0. The number of anilines is 1. The summed E-state index contributed by atoms with van der Waals surface area (Å²) in [6.45, 7) is 6.86. The lowest BCUT2D eigenvalue weighted by atomic mass is 9.87. The van der Waals surface area contributed by atoms with Gasteiger partial charge in [0.25, 0.3) is 0 Å². The van der Waals surface area contributed by atoms with Gasteiger partial charge in [0.2, 0.25) is 0 Å². The van der Waals surface area contributed by atoms with Crippen LogP contribution >= 0.6 is 0 Å². The van der Waals surface area contributed by atoms with Crippen molar-refractivity contribution in [2.75, 3.05) is 5.32 Å². The predicted octanol–water partition coefficient (Wildman–Crippen LogP) is 4.75. The largest absolute Gasteiger partial charge is 0.359 e. The van der Waals surface area contributed by atoms with E-state index in [4.69, 9.17) is 0 Å². The van der Waals surface area contributed by atoms with Crippen molar-refractivity contribution in [2.45, 2.75) is 33.6 Å². The van der Waals surface area contributed by atoms with Crippen molar-refractivity contribution in [3.8, 4) is 0 Å². The zero-order chi connectivity index (χ0) is 12.3. The van der Waals surface area contributed by atoms with Crippen molar-refractivity contribution in [3.05, 3.63) is 53.8 Å². The number of allylic oxidation sites excluding steroid dienone is 3. The molecule has 0 heterocycles. The van der Waals surface area contributed by atoms with E-state index in [0.717, 1.165) is 6.42 Å². The first-order chi connectivity index (χ1) is 8.03. The minimum atomic E-state index is 0.377. The fraction of sp³-hybridized carbons (Fsp3) is 0.375. The average Bonchev–Trinajstić information content (AvgIpc) is 2.64. The Labute approximate surface area is 104 Å². The van der Waals surface area contributed by atoms with Gasteiger partial charge in [-0.15, -0.1) is 0 Å². The van der Waals surface area contributed by atoms with Crippen LogP contribution in [0.3, 0.4) is 0 Å². The van der Waals surface area contributed by atoms with Gasteiger partial charge in [-0.1, -0.05) is 50.6 Å². The summed E-state index contributed by atoms with van der Waals surface area (Å²) in [5, 5.41) is 3.47. The van der Waals surface area contributed by atoms with Gasteiger partial charge in [0.05, 0.1) is 0 Å². The fourth-order valence-electron chi connectivity index (χ4n) is 2.18. The first-order valence-electron chi connectivity index (χ1n) is 6.24. The molecule has 0 aliphatic heterocycles. The summed E-state index contributed by atoms with van der Waals surface area (Å²) < 4.78 is 0. The molecule has 0 saturated heterocycles. The molecule has 1 aromatic carbocycles.